The minimum atomic E-state index is 0.0310. The number of hydrogen-bond acceptors (Lipinski definition) is 3. The predicted octanol–water partition coefficient (Wildman–Crippen LogP) is 4.40. The fraction of sp³-hybridized carbons (Fsp3) is 0.400. The third kappa shape index (κ3) is 2.91. The quantitative estimate of drug-likeness (QED) is 0.889. The molecule has 108 valence electrons. The molecule has 0 aliphatic rings. The van der Waals surface area contributed by atoms with Crippen molar-refractivity contribution < 1.29 is 4.79 Å². The van der Waals surface area contributed by atoms with E-state index in [1.54, 1.807) is 6.07 Å². The number of nitrogens with two attached hydrogens (primary N) is 1. The molecule has 1 heterocycles. The molecule has 20 heavy (non-hydrogen) atoms. The second kappa shape index (κ2) is 6.46. The molecule has 0 radical (unpaired) electrons. The van der Waals surface area contributed by atoms with E-state index in [-0.39, 0.29) is 5.91 Å². The number of hydrogen-bond donors (Lipinski definition) is 1. The maximum Gasteiger partial charge on any atom is 0.266 e. The van der Waals surface area contributed by atoms with Gasteiger partial charge in [0.05, 0.1) is 5.69 Å². The first-order valence-electron chi connectivity index (χ1n) is 6.85. The SMILES string of the molecule is CCCN(CCC)C(=O)c1sc2cc(Cl)ccc2c1N. The van der Waals surface area contributed by atoms with Crippen molar-refractivity contribution in [1.82, 2.24) is 4.90 Å². The second-order valence-electron chi connectivity index (χ2n) is 4.78. The third-order valence-electron chi connectivity index (χ3n) is 3.16. The van der Waals surface area contributed by atoms with Gasteiger partial charge in [-0.2, -0.15) is 0 Å². The summed E-state index contributed by atoms with van der Waals surface area (Å²) in [6.45, 7) is 5.68. The number of thiophene rings is 1. The molecule has 2 N–H and O–H groups in total. The molecule has 0 fully saturated rings. The molecule has 0 bridgehead atoms. The largest absolute Gasteiger partial charge is 0.397 e. The zero-order chi connectivity index (χ0) is 14.7. The maximum absolute atomic E-state index is 12.6. The Balaban J connectivity index is 2.40. The molecule has 1 amide bonds. The van der Waals surface area contributed by atoms with E-state index in [0.717, 1.165) is 36.0 Å². The molecule has 5 heteroatoms. The fourth-order valence-corrected chi connectivity index (χ4v) is 3.61. The van der Waals surface area contributed by atoms with E-state index in [0.29, 0.717) is 15.6 Å². The summed E-state index contributed by atoms with van der Waals surface area (Å²) in [7, 11) is 0. The molecule has 1 aromatic carbocycles. The van der Waals surface area contributed by atoms with Gasteiger partial charge in [0.15, 0.2) is 0 Å². The highest BCUT2D eigenvalue weighted by molar-refractivity contribution is 7.21. The van der Waals surface area contributed by atoms with Crippen molar-refractivity contribution in [1.29, 1.82) is 0 Å². The van der Waals surface area contributed by atoms with Crippen molar-refractivity contribution in [2.75, 3.05) is 18.8 Å². The fourth-order valence-electron chi connectivity index (χ4n) is 2.25. The number of halogens is 1. The normalized spacial score (nSPS) is 10.9. The van der Waals surface area contributed by atoms with Gasteiger partial charge < -0.3 is 10.6 Å². The second-order valence-corrected chi connectivity index (χ2v) is 6.27. The minimum Gasteiger partial charge on any atom is -0.397 e. The molecule has 0 atom stereocenters. The Morgan fingerprint density at radius 3 is 2.55 bits per heavy atom. The number of carbonyl (C=O) groups is 1. The van der Waals surface area contributed by atoms with Crippen LogP contribution < -0.4 is 5.73 Å². The van der Waals surface area contributed by atoms with Gasteiger partial charge in [-0.1, -0.05) is 25.4 Å². The molecule has 0 saturated carbocycles. The average molecular weight is 311 g/mol. The van der Waals surface area contributed by atoms with Gasteiger partial charge in [-0.3, -0.25) is 4.79 Å². The summed E-state index contributed by atoms with van der Waals surface area (Å²) in [5.74, 6) is 0.0310. The highest BCUT2D eigenvalue weighted by atomic mass is 35.5. The number of anilines is 1. The van der Waals surface area contributed by atoms with Crippen molar-refractivity contribution >= 4 is 44.6 Å². The standard InChI is InChI=1S/C15H19ClN2OS/c1-3-7-18(8-4-2)15(19)14-13(17)11-6-5-10(16)9-12(11)20-14/h5-6,9H,3-4,7-8,17H2,1-2H3. The summed E-state index contributed by atoms with van der Waals surface area (Å²) in [6, 6.07) is 5.54. The van der Waals surface area contributed by atoms with Gasteiger partial charge in [0.25, 0.3) is 5.91 Å². The first kappa shape index (κ1) is 15.1. The van der Waals surface area contributed by atoms with Crippen molar-refractivity contribution in [2.24, 2.45) is 0 Å². The van der Waals surface area contributed by atoms with E-state index in [1.165, 1.54) is 11.3 Å². The van der Waals surface area contributed by atoms with Gasteiger partial charge in [-0.15, -0.1) is 11.3 Å². The summed E-state index contributed by atoms with van der Waals surface area (Å²) in [4.78, 5) is 15.1. The number of amides is 1. The summed E-state index contributed by atoms with van der Waals surface area (Å²) < 4.78 is 0.964. The average Bonchev–Trinajstić information content (AvgIpc) is 2.74. The lowest BCUT2D eigenvalue weighted by atomic mass is 10.2. The Labute approximate surface area is 128 Å². The zero-order valence-corrected chi connectivity index (χ0v) is 13.4. The summed E-state index contributed by atoms with van der Waals surface area (Å²) in [6.07, 6.45) is 1.89. The lowest BCUT2D eigenvalue weighted by molar-refractivity contribution is 0.0761. The minimum absolute atomic E-state index is 0.0310. The molecule has 2 aromatic rings. The molecule has 0 aliphatic heterocycles. The lowest BCUT2D eigenvalue weighted by Gasteiger charge is -2.20. The van der Waals surface area contributed by atoms with E-state index in [2.05, 4.69) is 13.8 Å². The van der Waals surface area contributed by atoms with Gasteiger partial charge in [0.2, 0.25) is 0 Å². The number of benzene rings is 1. The third-order valence-corrected chi connectivity index (χ3v) is 4.55. The lowest BCUT2D eigenvalue weighted by Crippen LogP contribution is -2.32. The van der Waals surface area contributed by atoms with Crippen LogP contribution in [0.25, 0.3) is 10.1 Å². The van der Waals surface area contributed by atoms with E-state index in [4.69, 9.17) is 17.3 Å². The molecular weight excluding hydrogens is 292 g/mol. The van der Waals surface area contributed by atoms with Crippen LogP contribution in [0.15, 0.2) is 18.2 Å². The smallest absolute Gasteiger partial charge is 0.266 e. The summed E-state index contributed by atoms with van der Waals surface area (Å²) in [5, 5.41) is 1.58. The van der Waals surface area contributed by atoms with E-state index in [1.807, 2.05) is 17.0 Å². The van der Waals surface area contributed by atoms with Crippen molar-refractivity contribution in [3.05, 3.63) is 28.1 Å². The van der Waals surface area contributed by atoms with Crippen LogP contribution in [-0.2, 0) is 0 Å². The molecule has 3 nitrogen and oxygen atoms in total. The van der Waals surface area contributed by atoms with E-state index >= 15 is 0 Å². The number of nitrogen functional groups attached to an aromatic ring is 1. The van der Waals surface area contributed by atoms with E-state index in [9.17, 15) is 4.79 Å². The van der Waals surface area contributed by atoms with Gasteiger partial charge in [-0.05, 0) is 31.0 Å². The molecule has 0 spiro atoms. The highest BCUT2D eigenvalue weighted by Crippen LogP contribution is 2.35. The molecule has 0 unspecified atom stereocenters. The molecule has 0 aliphatic carbocycles. The number of rotatable bonds is 5. The van der Waals surface area contributed by atoms with Crippen LogP contribution in [0.2, 0.25) is 5.02 Å². The van der Waals surface area contributed by atoms with Gasteiger partial charge in [0, 0.05) is 28.2 Å². The van der Waals surface area contributed by atoms with Gasteiger partial charge >= 0.3 is 0 Å². The monoisotopic (exact) mass is 310 g/mol. The highest BCUT2D eigenvalue weighted by Gasteiger charge is 2.21. The number of nitrogens with zero attached hydrogens (tertiary/aromatic N) is 1. The first-order chi connectivity index (χ1) is 9.58. The predicted molar refractivity (Wildman–Crippen MR) is 87.7 cm³/mol. The van der Waals surface area contributed by atoms with Crippen LogP contribution in [0.1, 0.15) is 36.4 Å². The van der Waals surface area contributed by atoms with Crippen LogP contribution in [0.3, 0.4) is 0 Å². The van der Waals surface area contributed by atoms with Crippen molar-refractivity contribution in [3.8, 4) is 0 Å². The molecule has 1 aromatic heterocycles. The molecule has 2 rings (SSSR count). The van der Waals surface area contributed by atoms with Crippen LogP contribution >= 0.6 is 22.9 Å². The Hall–Kier alpha value is -1.26. The zero-order valence-electron chi connectivity index (χ0n) is 11.8. The van der Waals surface area contributed by atoms with Crippen LogP contribution in [-0.4, -0.2) is 23.9 Å². The summed E-state index contributed by atoms with van der Waals surface area (Å²) >= 11 is 7.42. The Kier molecular flexibility index (Phi) is 4.89. The maximum atomic E-state index is 12.6. The summed E-state index contributed by atoms with van der Waals surface area (Å²) in [5.41, 5.74) is 6.71. The van der Waals surface area contributed by atoms with Crippen LogP contribution in [0, 0.1) is 0 Å². The van der Waals surface area contributed by atoms with Crippen molar-refractivity contribution in [2.45, 2.75) is 26.7 Å². The van der Waals surface area contributed by atoms with E-state index < -0.39 is 0 Å². The van der Waals surface area contributed by atoms with Crippen LogP contribution in [0.4, 0.5) is 5.69 Å². The Morgan fingerprint density at radius 1 is 1.30 bits per heavy atom. The van der Waals surface area contributed by atoms with Crippen molar-refractivity contribution in [3.63, 3.8) is 0 Å². The van der Waals surface area contributed by atoms with Gasteiger partial charge in [0.1, 0.15) is 4.88 Å². The molecular formula is C15H19ClN2OS. The first-order valence-corrected chi connectivity index (χ1v) is 8.04. The Bertz CT molecular complexity index is 618. The number of fused-ring (bicyclic) bond motifs is 1. The Morgan fingerprint density at radius 2 is 1.95 bits per heavy atom. The van der Waals surface area contributed by atoms with Gasteiger partial charge in [-0.25, -0.2) is 0 Å². The van der Waals surface area contributed by atoms with Crippen LogP contribution in [0.5, 0.6) is 0 Å². The molecule has 0 saturated heterocycles. The number of carbonyl (C=O) groups excluding carboxylic acids is 1. The topological polar surface area (TPSA) is 46.3 Å².